The normalized spacial score (nSPS) is 13.5. The number of benzene rings is 2. The first-order chi connectivity index (χ1) is 11.1. The van der Waals surface area contributed by atoms with Crippen molar-refractivity contribution in [2.24, 2.45) is 4.99 Å². The van der Waals surface area contributed by atoms with E-state index in [0.29, 0.717) is 12.1 Å². The van der Waals surface area contributed by atoms with Crippen LogP contribution in [0.1, 0.15) is 24.5 Å². The van der Waals surface area contributed by atoms with E-state index in [1.54, 1.807) is 0 Å². The summed E-state index contributed by atoms with van der Waals surface area (Å²) in [5.74, 6) is -0.944. The summed E-state index contributed by atoms with van der Waals surface area (Å²) >= 11 is 1.92. The highest BCUT2D eigenvalue weighted by atomic mass is 127. The average Bonchev–Trinajstić information content (AvgIpc) is 2.59. The van der Waals surface area contributed by atoms with E-state index in [1.807, 2.05) is 102 Å². The molecule has 1 unspecified atom stereocenters. The molecular weight excluding hydrogens is 401 g/mol. The number of aliphatic carboxylic acids is 1. The van der Waals surface area contributed by atoms with Crippen LogP contribution in [0.15, 0.2) is 77.8 Å². The first kappa shape index (κ1) is 17.4. The molecule has 118 valence electrons. The quantitative estimate of drug-likeness (QED) is 0.243. The number of alkyl halides is 1. The van der Waals surface area contributed by atoms with Gasteiger partial charge < -0.3 is 5.11 Å². The molecule has 0 amide bonds. The van der Waals surface area contributed by atoms with Crippen molar-refractivity contribution in [2.45, 2.75) is 16.9 Å². The van der Waals surface area contributed by atoms with Gasteiger partial charge in [0, 0.05) is 17.5 Å². The van der Waals surface area contributed by atoms with Crippen LogP contribution in [0.5, 0.6) is 0 Å². The SMILES string of the molecule is C/C=C/CC(I)(N=C(c1ccccc1)c1ccccc1)C(=O)O. The van der Waals surface area contributed by atoms with E-state index in [2.05, 4.69) is 4.99 Å². The number of carbonyl (C=O) groups is 1. The summed E-state index contributed by atoms with van der Waals surface area (Å²) in [5, 5.41) is 9.65. The lowest BCUT2D eigenvalue weighted by Gasteiger charge is -2.19. The molecule has 1 atom stereocenters. The molecule has 0 heterocycles. The van der Waals surface area contributed by atoms with E-state index in [0.717, 1.165) is 11.1 Å². The molecule has 0 fully saturated rings. The van der Waals surface area contributed by atoms with Gasteiger partial charge in [0.1, 0.15) is 0 Å². The largest absolute Gasteiger partial charge is 0.479 e. The molecule has 0 saturated heterocycles. The van der Waals surface area contributed by atoms with Crippen LogP contribution >= 0.6 is 22.6 Å². The predicted octanol–water partition coefficient (Wildman–Crippen LogP) is 4.71. The maximum absolute atomic E-state index is 11.8. The molecule has 2 aromatic rings. The molecule has 0 aliphatic heterocycles. The van der Waals surface area contributed by atoms with Crippen LogP contribution in [0.4, 0.5) is 0 Å². The van der Waals surface area contributed by atoms with Crippen LogP contribution in [-0.4, -0.2) is 20.3 Å². The van der Waals surface area contributed by atoms with Crippen molar-refractivity contribution in [2.75, 3.05) is 0 Å². The van der Waals surface area contributed by atoms with Gasteiger partial charge in [-0.25, -0.2) is 4.79 Å². The molecule has 0 saturated carbocycles. The minimum Gasteiger partial charge on any atom is -0.479 e. The molecule has 0 aliphatic carbocycles. The Kier molecular flexibility index (Phi) is 6.10. The highest BCUT2D eigenvalue weighted by Crippen LogP contribution is 2.29. The van der Waals surface area contributed by atoms with Gasteiger partial charge in [0.05, 0.1) is 5.71 Å². The zero-order valence-corrected chi connectivity index (χ0v) is 15.0. The minimum absolute atomic E-state index is 0.336. The highest BCUT2D eigenvalue weighted by Gasteiger charge is 2.34. The second-order valence-electron chi connectivity index (χ2n) is 5.03. The lowest BCUT2D eigenvalue weighted by atomic mass is 10.0. The Morgan fingerprint density at radius 1 is 1.09 bits per heavy atom. The minimum atomic E-state index is -1.23. The summed E-state index contributed by atoms with van der Waals surface area (Å²) in [6.07, 6.45) is 4.01. The Balaban J connectivity index is 2.58. The molecule has 0 aromatic heterocycles. The third kappa shape index (κ3) is 4.51. The number of halogens is 1. The Bertz CT molecular complexity index is 669. The van der Waals surface area contributed by atoms with Crippen LogP contribution in [0, 0.1) is 0 Å². The van der Waals surface area contributed by atoms with Gasteiger partial charge in [0.15, 0.2) is 0 Å². The van der Waals surface area contributed by atoms with Gasteiger partial charge in [0.25, 0.3) is 0 Å². The van der Waals surface area contributed by atoms with E-state index in [-0.39, 0.29) is 0 Å². The molecule has 23 heavy (non-hydrogen) atoms. The third-order valence-electron chi connectivity index (χ3n) is 3.34. The van der Waals surface area contributed by atoms with E-state index >= 15 is 0 Å². The second-order valence-corrected chi connectivity index (χ2v) is 6.81. The number of rotatable bonds is 6. The first-order valence-electron chi connectivity index (χ1n) is 7.31. The maximum atomic E-state index is 11.8. The number of hydrogen-bond donors (Lipinski definition) is 1. The Morgan fingerprint density at radius 2 is 1.57 bits per heavy atom. The number of carboxylic acid groups (broad SMARTS) is 1. The maximum Gasteiger partial charge on any atom is 0.342 e. The lowest BCUT2D eigenvalue weighted by molar-refractivity contribution is -0.138. The number of carboxylic acids is 1. The number of nitrogens with zero attached hydrogens (tertiary/aromatic N) is 1. The molecule has 2 rings (SSSR count). The number of hydrogen-bond acceptors (Lipinski definition) is 2. The van der Waals surface area contributed by atoms with E-state index in [1.165, 1.54) is 0 Å². The molecule has 3 nitrogen and oxygen atoms in total. The van der Waals surface area contributed by atoms with E-state index in [9.17, 15) is 9.90 Å². The van der Waals surface area contributed by atoms with Gasteiger partial charge in [-0.15, -0.1) is 0 Å². The van der Waals surface area contributed by atoms with Crippen LogP contribution in [0.25, 0.3) is 0 Å². The average molecular weight is 419 g/mol. The Labute approximate surface area is 149 Å². The summed E-state index contributed by atoms with van der Waals surface area (Å²) in [5.41, 5.74) is 2.50. The monoisotopic (exact) mass is 419 g/mol. The zero-order chi connectivity index (χ0) is 16.7. The van der Waals surface area contributed by atoms with Crippen LogP contribution in [-0.2, 0) is 4.79 Å². The summed E-state index contributed by atoms with van der Waals surface area (Å²) in [6, 6.07) is 19.3. The number of aliphatic imine (C=N–C) groups is 1. The van der Waals surface area contributed by atoms with E-state index in [4.69, 9.17) is 0 Å². The van der Waals surface area contributed by atoms with Crippen molar-refractivity contribution in [3.63, 3.8) is 0 Å². The van der Waals surface area contributed by atoms with Crippen molar-refractivity contribution >= 4 is 34.3 Å². The van der Waals surface area contributed by atoms with Crippen molar-refractivity contribution in [1.82, 2.24) is 0 Å². The zero-order valence-electron chi connectivity index (χ0n) is 12.8. The van der Waals surface area contributed by atoms with Gasteiger partial charge in [0.2, 0.25) is 3.55 Å². The summed E-state index contributed by atoms with van der Waals surface area (Å²) in [6.45, 7) is 1.87. The Morgan fingerprint density at radius 3 is 1.96 bits per heavy atom. The fourth-order valence-corrected chi connectivity index (χ4v) is 2.62. The molecule has 2 aromatic carbocycles. The van der Waals surface area contributed by atoms with Crippen molar-refractivity contribution in [3.05, 3.63) is 83.9 Å². The molecule has 0 radical (unpaired) electrons. The predicted molar refractivity (Wildman–Crippen MR) is 102 cm³/mol. The standard InChI is InChI=1S/C19H18INO2/c1-2-3-14-19(20,18(22)23)21-17(15-10-6-4-7-11-15)16-12-8-5-9-13-16/h2-13H,14H2,1H3,(H,22,23)/b3-2+. The van der Waals surface area contributed by atoms with E-state index < -0.39 is 9.51 Å². The van der Waals surface area contributed by atoms with Crippen molar-refractivity contribution in [1.29, 1.82) is 0 Å². The summed E-state index contributed by atoms with van der Waals surface area (Å²) in [4.78, 5) is 16.4. The molecule has 0 bridgehead atoms. The third-order valence-corrected chi connectivity index (χ3v) is 4.48. The fraction of sp³-hybridized carbons (Fsp3) is 0.158. The highest BCUT2D eigenvalue weighted by molar-refractivity contribution is 14.1. The smallest absolute Gasteiger partial charge is 0.342 e. The Hall–Kier alpha value is -1.95. The van der Waals surface area contributed by atoms with Crippen LogP contribution in [0.2, 0.25) is 0 Å². The van der Waals surface area contributed by atoms with Crippen molar-refractivity contribution in [3.8, 4) is 0 Å². The molecule has 0 spiro atoms. The van der Waals surface area contributed by atoms with Crippen LogP contribution < -0.4 is 0 Å². The van der Waals surface area contributed by atoms with Gasteiger partial charge >= 0.3 is 5.97 Å². The van der Waals surface area contributed by atoms with Gasteiger partial charge in [-0.2, -0.15) is 0 Å². The van der Waals surface area contributed by atoms with Gasteiger partial charge in [-0.1, -0.05) is 72.8 Å². The second kappa shape index (κ2) is 8.06. The van der Waals surface area contributed by atoms with Crippen molar-refractivity contribution < 1.29 is 9.90 Å². The summed E-state index contributed by atoms with van der Waals surface area (Å²) < 4.78 is -1.23. The molecule has 4 heteroatoms. The van der Waals surface area contributed by atoms with Crippen LogP contribution in [0.3, 0.4) is 0 Å². The number of allylic oxidation sites excluding steroid dienone is 1. The lowest BCUT2D eigenvalue weighted by Crippen LogP contribution is -2.30. The first-order valence-corrected chi connectivity index (χ1v) is 8.39. The molecular formula is C19H18INO2. The fourth-order valence-electron chi connectivity index (χ4n) is 2.12. The van der Waals surface area contributed by atoms with Gasteiger partial charge in [-0.05, 0) is 29.5 Å². The molecule has 1 N–H and O–H groups in total. The molecule has 0 aliphatic rings. The topological polar surface area (TPSA) is 49.7 Å². The summed E-state index contributed by atoms with van der Waals surface area (Å²) in [7, 11) is 0. The van der Waals surface area contributed by atoms with Gasteiger partial charge in [-0.3, -0.25) is 4.99 Å².